The number of H-pyrrole nitrogens is 1. The Morgan fingerprint density at radius 1 is 1.13 bits per heavy atom. The highest BCUT2D eigenvalue weighted by Crippen LogP contribution is 2.30. The number of aromatic amines is 1. The van der Waals surface area contributed by atoms with Crippen molar-refractivity contribution in [2.75, 3.05) is 0 Å². The van der Waals surface area contributed by atoms with Crippen molar-refractivity contribution in [2.24, 2.45) is 0 Å². The molecule has 0 aliphatic heterocycles. The number of thiophene rings is 2. The summed E-state index contributed by atoms with van der Waals surface area (Å²) in [6.45, 7) is 0. The fourth-order valence-corrected chi connectivity index (χ4v) is 4.17. The molecular formula is C17H11FN2OS2. The van der Waals surface area contributed by atoms with Gasteiger partial charge in [-0.2, -0.15) is 0 Å². The topological polar surface area (TPSA) is 45.8 Å². The van der Waals surface area contributed by atoms with E-state index in [0.29, 0.717) is 22.5 Å². The average Bonchev–Trinajstić information content (AvgIpc) is 3.18. The van der Waals surface area contributed by atoms with Gasteiger partial charge in [0.2, 0.25) is 0 Å². The second-order valence-corrected chi connectivity index (χ2v) is 7.00. The van der Waals surface area contributed by atoms with Crippen LogP contribution in [0.4, 0.5) is 4.39 Å². The Morgan fingerprint density at radius 2 is 1.96 bits per heavy atom. The lowest BCUT2D eigenvalue weighted by molar-refractivity contribution is 0.628. The molecule has 3 heterocycles. The van der Waals surface area contributed by atoms with Crippen molar-refractivity contribution in [1.29, 1.82) is 0 Å². The van der Waals surface area contributed by atoms with Gasteiger partial charge in [0.25, 0.3) is 5.56 Å². The van der Waals surface area contributed by atoms with Gasteiger partial charge in [0.1, 0.15) is 16.5 Å². The van der Waals surface area contributed by atoms with Crippen molar-refractivity contribution in [3.63, 3.8) is 0 Å². The molecule has 0 saturated heterocycles. The Bertz CT molecular complexity index is 1020. The molecule has 3 aromatic heterocycles. The number of nitrogens with zero attached hydrogens (tertiary/aromatic N) is 1. The Hall–Kier alpha value is -2.31. The van der Waals surface area contributed by atoms with Crippen LogP contribution in [-0.4, -0.2) is 9.97 Å². The van der Waals surface area contributed by atoms with E-state index in [0.717, 1.165) is 16.0 Å². The first-order valence-corrected chi connectivity index (χ1v) is 8.75. The Morgan fingerprint density at radius 3 is 2.70 bits per heavy atom. The molecule has 3 nitrogen and oxygen atoms in total. The zero-order valence-electron chi connectivity index (χ0n) is 11.9. The van der Waals surface area contributed by atoms with Crippen LogP contribution in [0.2, 0.25) is 0 Å². The lowest BCUT2D eigenvalue weighted by Crippen LogP contribution is -2.11. The van der Waals surface area contributed by atoms with Gasteiger partial charge in [0.15, 0.2) is 0 Å². The highest BCUT2D eigenvalue weighted by atomic mass is 32.1. The van der Waals surface area contributed by atoms with Gasteiger partial charge in [-0.15, -0.1) is 22.7 Å². The van der Waals surface area contributed by atoms with E-state index in [9.17, 15) is 9.18 Å². The van der Waals surface area contributed by atoms with Crippen LogP contribution in [0, 0.1) is 5.82 Å². The molecule has 4 aromatic rings. The third-order valence-electron chi connectivity index (χ3n) is 3.57. The number of aromatic nitrogens is 2. The molecule has 0 unspecified atom stereocenters. The van der Waals surface area contributed by atoms with Crippen molar-refractivity contribution in [3.8, 4) is 11.1 Å². The molecule has 0 atom stereocenters. The molecule has 1 aromatic carbocycles. The molecule has 0 aliphatic carbocycles. The number of hydrogen-bond acceptors (Lipinski definition) is 4. The molecular weight excluding hydrogens is 331 g/mol. The van der Waals surface area contributed by atoms with Crippen molar-refractivity contribution < 1.29 is 4.39 Å². The van der Waals surface area contributed by atoms with Gasteiger partial charge in [-0.05, 0) is 29.1 Å². The monoisotopic (exact) mass is 342 g/mol. The Kier molecular flexibility index (Phi) is 3.55. The van der Waals surface area contributed by atoms with Gasteiger partial charge in [0, 0.05) is 22.2 Å². The van der Waals surface area contributed by atoms with Gasteiger partial charge in [-0.25, -0.2) is 9.37 Å². The summed E-state index contributed by atoms with van der Waals surface area (Å²) >= 11 is 3.07. The first-order chi connectivity index (χ1) is 11.2. The van der Waals surface area contributed by atoms with E-state index in [-0.39, 0.29) is 11.4 Å². The largest absolute Gasteiger partial charge is 0.310 e. The van der Waals surface area contributed by atoms with Crippen LogP contribution in [-0.2, 0) is 6.42 Å². The molecule has 0 aliphatic rings. The number of fused-ring (bicyclic) bond motifs is 1. The summed E-state index contributed by atoms with van der Waals surface area (Å²) in [4.78, 5) is 21.8. The van der Waals surface area contributed by atoms with E-state index in [4.69, 9.17) is 0 Å². The first kappa shape index (κ1) is 14.3. The van der Waals surface area contributed by atoms with Crippen LogP contribution in [0.15, 0.2) is 52.0 Å². The van der Waals surface area contributed by atoms with Gasteiger partial charge >= 0.3 is 0 Å². The molecule has 0 spiro atoms. The van der Waals surface area contributed by atoms with E-state index >= 15 is 0 Å². The summed E-state index contributed by atoms with van der Waals surface area (Å²) in [5.41, 5.74) is 1.46. The maximum absolute atomic E-state index is 13.1. The molecule has 0 amide bonds. The predicted molar refractivity (Wildman–Crippen MR) is 92.8 cm³/mol. The molecule has 0 fully saturated rings. The molecule has 0 saturated carbocycles. The molecule has 114 valence electrons. The van der Waals surface area contributed by atoms with E-state index < -0.39 is 0 Å². The summed E-state index contributed by atoms with van der Waals surface area (Å²) in [6, 6.07) is 10.1. The number of rotatable bonds is 3. The number of nitrogens with one attached hydrogen (secondary N) is 1. The van der Waals surface area contributed by atoms with Gasteiger partial charge in [0.05, 0.1) is 5.39 Å². The number of benzene rings is 1. The highest BCUT2D eigenvalue weighted by molar-refractivity contribution is 7.17. The summed E-state index contributed by atoms with van der Waals surface area (Å²) in [6.07, 6.45) is 0.618. The van der Waals surface area contributed by atoms with Gasteiger partial charge < -0.3 is 4.98 Å². The quantitative estimate of drug-likeness (QED) is 0.598. The lowest BCUT2D eigenvalue weighted by Gasteiger charge is -2.01. The highest BCUT2D eigenvalue weighted by Gasteiger charge is 2.13. The van der Waals surface area contributed by atoms with E-state index in [1.807, 2.05) is 22.9 Å². The van der Waals surface area contributed by atoms with Crippen molar-refractivity contribution in [2.45, 2.75) is 6.42 Å². The molecule has 0 bridgehead atoms. The minimum absolute atomic E-state index is 0.151. The summed E-state index contributed by atoms with van der Waals surface area (Å²) in [5.74, 6) is 0.371. The number of halogens is 1. The summed E-state index contributed by atoms with van der Waals surface area (Å²) in [7, 11) is 0. The molecule has 4 rings (SSSR count). The summed E-state index contributed by atoms with van der Waals surface area (Å²) in [5, 5.41) is 4.47. The third kappa shape index (κ3) is 2.71. The van der Waals surface area contributed by atoms with Crippen LogP contribution >= 0.6 is 22.7 Å². The molecule has 1 N–H and O–H groups in total. The lowest BCUT2D eigenvalue weighted by atomic mass is 10.1. The zero-order chi connectivity index (χ0) is 15.8. The van der Waals surface area contributed by atoms with Crippen LogP contribution in [0.25, 0.3) is 21.3 Å². The van der Waals surface area contributed by atoms with Crippen molar-refractivity contribution >= 4 is 32.9 Å². The Balaban J connectivity index is 1.81. The third-order valence-corrected chi connectivity index (χ3v) is 5.32. The van der Waals surface area contributed by atoms with Crippen LogP contribution < -0.4 is 5.56 Å². The minimum atomic E-state index is -0.293. The molecule has 0 radical (unpaired) electrons. The average molecular weight is 342 g/mol. The van der Waals surface area contributed by atoms with Crippen LogP contribution in [0.3, 0.4) is 0 Å². The minimum Gasteiger partial charge on any atom is -0.310 e. The zero-order valence-corrected chi connectivity index (χ0v) is 13.5. The second kappa shape index (κ2) is 5.72. The fraction of sp³-hybridized carbons (Fsp3) is 0.0588. The van der Waals surface area contributed by atoms with Crippen LogP contribution in [0.5, 0.6) is 0 Å². The van der Waals surface area contributed by atoms with E-state index in [2.05, 4.69) is 9.97 Å². The maximum Gasteiger partial charge on any atom is 0.260 e. The standard InChI is InChI=1S/C17H11FN2OS2/c18-11-5-3-10(4-6-11)13-9-23-17-15(13)16(21)19-14(20-17)8-12-2-1-7-22-12/h1-7,9H,8H2,(H,19,20,21). The smallest absolute Gasteiger partial charge is 0.260 e. The SMILES string of the molecule is O=c1[nH]c(Cc2cccs2)nc2scc(-c3ccc(F)cc3)c12. The van der Waals surface area contributed by atoms with Crippen LogP contribution in [0.1, 0.15) is 10.7 Å². The number of hydrogen-bond donors (Lipinski definition) is 1. The molecule has 23 heavy (non-hydrogen) atoms. The van der Waals surface area contributed by atoms with E-state index in [1.54, 1.807) is 23.5 Å². The molecule has 6 heteroatoms. The van der Waals surface area contributed by atoms with Gasteiger partial charge in [-0.1, -0.05) is 18.2 Å². The predicted octanol–water partition coefficient (Wildman–Crippen LogP) is 4.44. The second-order valence-electron chi connectivity index (χ2n) is 5.11. The van der Waals surface area contributed by atoms with Crippen molar-refractivity contribution in [1.82, 2.24) is 9.97 Å². The Labute approximate surface area is 139 Å². The first-order valence-electron chi connectivity index (χ1n) is 6.99. The normalized spacial score (nSPS) is 11.2. The maximum atomic E-state index is 13.1. The van der Waals surface area contributed by atoms with E-state index in [1.165, 1.54) is 23.5 Å². The fourth-order valence-electron chi connectivity index (χ4n) is 2.50. The van der Waals surface area contributed by atoms with Crippen molar-refractivity contribution in [3.05, 3.63) is 74.0 Å². The van der Waals surface area contributed by atoms with Gasteiger partial charge in [-0.3, -0.25) is 4.79 Å². The summed E-state index contributed by atoms with van der Waals surface area (Å²) < 4.78 is 13.1.